The molecule has 4 rings (SSSR count). The fourth-order valence-electron chi connectivity index (χ4n) is 3.61. The number of likely N-dealkylation sites (N-methyl/N-ethyl adjacent to an activating group) is 1. The van der Waals surface area contributed by atoms with Gasteiger partial charge in [-0.15, -0.1) is 0 Å². The van der Waals surface area contributed by atoms with E-state index >= 15 is 0 Å². The Bertz CT molecular complexity index is 1260. The molecule has 1 aliphatic rings. The zero-order valence-electron chi connectivity index (χ0n) is 17.7. The zero-order chi connectivity index (χ0) is 23.5. The summed E-state index contributed by atoms with van der Waals surface area (Å²) in [5, 5.41) is 3.16. The smallest absolute Gasteiger partial charge is 0.261 e. The summed E-state index contributed by atoms with van der Waals surface area (Å²) in [5.41, 5.74) is 2.00. The standard InChI is InChI=1S/C25H20ClN3O4/c1-28(15-22(30)27-19-9-5-8-18(26)13-19)23(31)17-10-11-20-21(12-17)25(33)29(24(20)32)14-16-6-3-2-4-7-16/h2-13H,14-15H2,1H3,(H,27,30). The van der Waals surface area contributed by atoms with Crippen molar-refractivity contribution in [2.24, 2.45) is 0 Å². The number of imide groups is 1. The minimum Gasteiger partial charge on any atom is -0.332 e. The minimum atomic E-state index is -0.449. The van der Waals surface area contributed by atoms with Gasteiger partial charge in [0.1, 0.15) is 0 Å². The van der Waals surface area contributed by atoms with Gasteiger partial charge in [0.05, 0.1) is 24.2 Å². The first kappa shape index (κ1) is 22.2. The molecule has 0 radical (unpaired) electrons. The van der Waals surface area contributed by atoms with Crippen LogP contribution < -0.4 is 5.32 Å². The Kier molecular flexibility index (Phi) is 6.24. The number of carbonyl (C=O) groups excluding carboxylic acids is 4. The zero-order valence-corrected chi connectivity index (χ0v) is 18.5. The molecule has 0 unspecified atom stereocenters. The predicted octanol–water partition coefficient (Wildman–Crippen LogP) is 3.85. The lowest BCUT2D eigenvalue weighted by molar-refractivity contribution is -0.116. The first-order chi connectivity index (χ1) is 15.8. The van der Waals surface area contributed by atoms with Crippen molar-refractivity contribution in [2.75, 3.05) is 18.9 Å². The normalized spacial score (nSPS) is 12.5. The van der Waals surface area contributed by atoms with E-state index in [2.05, 4.69) is 5.32 Å². The summed E-state index contributed by atoms with van der Waals surface area (Å²) in [5.74, 6) is -1.68. The molecule has 8 heteroatoms. The molecule has 0 spiro atoms. The molecule has 1 aliphatic heterocycles. The topological polar surface area (TPSA) is 86.8 Å². The van der Waals surface area contributed by atoms with E-state index in [-0.39, 0.29) is 29.8 Å². The average Bonchev–Trinajstić information content (AvgIpc) is 3.03. The number of anilines is 1. The van der Waals surface area contributed by atoms with Crippen molar-refractivity contribution < 1.29 is 19.2 Å². The van der Waals surface area contributed by atoms with E-state index in [0.717, 1.165) is 10.5 Å². The molecular formula is C25H20ClN3O4. The number of amides is 4. The molecule has 0 aliphatic carbocycles. The van der Waals surface area contributed by atoms with Gasteiger partial charge in [0.25, 0.3) is 17.7 Å². The molecule has 33 heavy (non-hydrogen) atoms. The second-order valence-corrected chi connectivity index (χ2v) is 8.10. The van der Waals surface area contributed by atoms with Crippen LogP contribution in [0.4, 0.5) is 5.69 Å². The molecule has 0 atom stereocenters. The van der Waals surface area contributed by atoms with Gasteiger partial charge in [-0.1, -0.05) is 48.0 Å². The van der Waals surface area contributed by atoms with Crippen molar-refractivity contribution >= 4 is 40.9 Å². The number of nitrogens with zero attached hydrogens (tertiary/aromatic N) is 2. The van der Waals surface area contributed by atoms with E-state index in [0.29, 0.717) is 10.7 Å². The number of halogens is 1. The Morgan fingerprint density at radius 2 is 1.64 bits per heavy atom. The van der Waals surface area contributed by atoms with Crippen LogP contribution in [0.1, 0.15) is 36.6 Å². The first-order valence-corrected chi connectivity index (χ1v) is 10.6. The number of hydrogen-bond donors (Lipinski definition) is 1. The van der Waals surface area contributed by atoms with Gasteiger partial charge in [-0.05, 0) is 42.0 Å². The highest BCUT2D eigenvalue weighted by Crippen LogP contribution is 2.26. The summed E-state index contributed by atoms with van der Waals surface area (Å²) in [6.07, 6.45) is 0. The minimum absolute atomic E-state index is 0.153. The number of hydrogen-bond acceptors (Lipinski definition) is 4. The highest BCUT2D eigenvalue weighted by molar-refractivity contribution is 6.30. The summed E-state index contributed by atoms with van der Waals surface area (Å²) in [6.45, 7) is -0.0461. The summed E-state index contributed by atoms with van der Waals surface area (Å²) in [7, 11) is 1.49. The highest BCUT2D eigenvalue weighted by Gasteiger charge is 2.36. The molecule has 3 aromatic rings. The Balaban J connectivity index is 1.45. The van der Waals surface area contributed by atoms with Crippen molar-refractivity contribution in [3.05, 3.63) is 100 Å². The molecule has 7 nitrogen and oxygen atoms in total. The highest BCUT2D eigenvalue weighted by atomic mass is 35.5. The third kappa shape index (κ3) is 4.78. The molecule has 0 fully saturated rings. The van der Waals surface area contributed by atoms with Crippen LogP contribution in [0.3, 0.4) is 0 Å². The maximum atomic E-state index is 12.9. The molecular weight excluding hydrogens is 442 g/mol. The van der Waals surface area contributed by atoms with E-state index in [9.17, 15) is 19.2 Å². The fourth-order valence-corrected chi connectivity index (χ4v) is 3.80. The summed E-state index contributed by atoms with van der Waals surface area (Å²) in [6, 6.07) is 20.3. The van der Waals surface area contributed by atoms with Crippen LogP contribution in [0.5, 0.6) is 0 Å². The van der Waals surface area contributed by atoms with Gasteiger partial charge in [0.15, 0.2) is 0 Å². The Morgan fingerprint density at radius 1 is 0.909 bits per heavy atom. The summed E-state index contributed by atoms with van der Waals surface area (Å²) in [4.78, 5) is 53.2. The number of nitrogens with one attached hydrogen (secondary N) is 1. The monoisotopic (exact) mass is 461 g/mol. The molecule has 3 aromatic carbocycles. The summed E-state index contributed by atoms with van der Waals surface area (Å²) < 4.78 is 0. The van der Waals surface area contributed by atoms with Gasteiger partial charge in [0.2, 0.25) is 5.91 Å². The number of carbonyl (C=O) groups is 4. The molecule has 0 aromatic heterocycles. The Morgan fingerprint density at radius 3 is 2.36 bits per heavy atom. The van der Waals surface area contributed by atoms with Gasteiger partial charge in [-0.2, -0.15) is 0 Å². The van der Waals surface area contributed by atoms with Gasteiger partial charge in [0, 0.05) is 23.3 Å². The van der Waals surface area contributed by atoms with E-state index in [1.165, 1.54) is 30.1 Å². The molecule has 0 saturated heterocycles. The second kappa shape index (κ2) is 9.26. The molecule has 4 amide bonds. The number of rotatable bonds is 6. The lowest BCUT2D eigenvalue weighted by Crippen LogP contribution is -2.35. The Hall–Kier alpha value is -3.97. The fraction of sp³-hybridized carbons (Fsp3) is 0.120. The van der Waals surface area contributed by atoms with Crippen molar-refractivity contribution in [3.8, 4) is 0 Å². The second-order valence-electron chi connectivity index (χ2n) is 7.66. The lowest BCUT2D eigenvalue weighted by atomic mass is 10.0. The van der Waals surface area contributed by atoms with Crippen LogP contribution in [-0.4, -0.2) is 47.0 Å². The molecule has 166 valence electrons. The van der Waals surface area contributed by atoms with Gasteiger partial charge < -0.3 is 10.2 Å². The average molecular weight is 462 g/mol. The van der Waals surface area contributed by atoms with Crippen molar-refractivity contribution in [1.82, 2.24) is 9.80 Å². The van der Waals surface area contributed by atoms with Crippen molar-refractivity contribution in [3.63, 3.8) is 0 Å². The number of benzene rings is 3. The largest absolute Gasteiger partial charge is 0.332 e. The SMILES string of the molecule is CN(CC(=O)Nc1cccc(Cl)c1)C(=O)c1ccc2c(c1)C(=O)N(Cc1ccccc1)C2=O. The van der Waals surface area contributed by atoms with Crippen LogP contribution in [0.25, 0.3) is 0 Å². The molecule has 0 bridgehead atoms. The van der Waals surface area contributed by atoms with Crippen molar-refractivity contribution in [1.29, 1.82) is 0 Å². The maximum Gasteiger partial charge on any atom is 0.261 e. The summed E-state index contributed by atoms with van der Waals surface area (Å²) >= 11 is 5.92. The maximum absolute atomic E-state index is 12.9. The van der Waals surface area contributed by atoms with Crippen molar-refractivity contribution in [2.45, 2.75) is 6.54 Å². The van der Waals surface area contributed by atoms with Crippen LogP contribution >= 0.6 is 11.6 Å². The van der Waals surface area contributed by atoms with E-state index < -0.39 is 23.6 Å². The Labute approximate surface area is 195 Å². The van der Waals surface area contributed by atoms with Gasteiger partial charge >= 0.3 is 0 Å². The van der Waals surface area contributed by atoms with E-state index in [4.69, 9.17) is 11.6 Å². The lowest BCUT2D eigenvalue weighted by Gasteiger charge is -2.17. The third-order valence-electron chi connectivity index (χ3n) is 5.24. The van der Waals surface area contributed by atoms with Crippen LogP contribution in [0.2, 0.25) is 5.02 Å². The third-order valence-corrected chi connectivity index (χ3v) is 5.47. The first-order valence-electron chi connectivity index (χ1n) is 10.2. The van der Waals surface area contributed by atoms with E-state index in [1.807, 2.05) is 30.3 Å². The molecule has 1 N–H and O–H groups in total. The quantitative estimate of drug-likeness (QED) is 0.565. The predicted molar refractivity (Wildman–Crippen MR) is 124 cm³/mol. The van der Waals surface area contributed by atoms with Crippen LogP contribution in [0.15, 0.2) is 72.8 Å². The van der Waals surface area contributed by atoms with Crippen LogP contribution in [-0.2, 0) is 11.3 Å². The van der Waals surface area contributed by atoms with Gasteiger partial charge in [-0.25, -0.2) is 0 Å². The molecule has 1 heterocycles. The molecule has 0 saturated carbocycles. The van der Waals surface area contributed by atoms with E-state index in [1.54, 1.807) is 24.3 Å². The van der Waals surface area contributed by atoms with Crippen LogP contribution in [0, 0.1) is 0 Å². The van der Waals surface area contributed by atoms with Gasteiger partial charge in [-0.3, -0.25) is 24.1 Å². The number of fused-ring (bicyclic) bond motifs is 1.